The summed E-state index contributed by atoms with van der Waals surface area (Å²) in [5.41, 5.74) is 1.60. The molecule has 0 saturated carbocycles. The average molecular weight is 430 g/mol. The van der Waals surface area contributed by atoms with E-state index >= 15 is 0 Å². The molecule has 0 radical (unpaired) electrons. The smallest absolute Gasteiger partial charge is 0.270 e. The van der Waals surface area contributed by atoms with Crippen molar-refractivity contribution in [1.82, 2.24) is 15.2 Å². The number of fused-ring (bicyclic) bond motifs is 1. The number of ether oxygens (including phenoxy) is 2. The normalized spacial score (nSPS) is 16.6. The Labute approximate surface area is 178 Å². The molecule has 2 aromatic heterocycles. The summed E-state index contributed by atoms with van der Waals surface area (Å²) in [7, 11) is 1.66. The van der Waals surface area contributed by atoms with Crippen LogP contribution in [0.5, 0.6) is 11.5 Å². The zero-order valence-corrected chi connectivity index (χ0v) is 18.0. The monoisotopic (exact) mass is 429 g/mol. The summed E-state index contributed by atoms with van der Waals surface area (Å²) < 4.78 is 11.3. The zero-order valence-electron chi connectivity index (χ0n) is 16.4. The van der Waals surface area contributed by atoms with Crippen molar-refractivity contribution in [2.75, 3.05) is 26.7 Å². The third-order valence-corrected chi connectivity index (χ3v) is 6.58. The Bertz CT molecular complexity index is 971. The topological polar surface area (TPSA) is 63.7 Å². The lowest BCUT2D eigenvalue weighted by Crippen LogP contribution is -2.37. The molecule has 3 heterocycles. The molecular formula is C21H23N3O3S2. The van der Waals surface area contributed by atoms with Gasteiger partial charge >= 0.3 is 0 Å². The number of hydrogen-bond donors (Lipinski definition) is 1. The highest BCUT2D eigenvalue weighted by molar-refractivity contribution is 7.20. The quantitative estimate of drug-likeness (QED) is 0.644. The van der Waals surface area contributed by atoms with E-state index in [4.69, 9.17) is 9.47 Å². The molecule has 1 unspecified atom stereocenters. The number of rotatable bonds is 6. The Morgan fingerprint density at radius 1 is 1.38 bits per heavy atom. The predicted molar refractivity (Wildman–Crippen MR) is 116 cm³/mol. The van der Waals surface area contributed by atoms with Crippen LogP contribution >= 0.6 is 22.7 Å². The van der Waals surface area contributed by atoms with E-state index in [2.05, 4.69) is 22.1 Å². The number of carbonyl (C=O) groups excluding carboxylic acids is 1. The SMILES string of the molecule is COc1ccc2c(c1)OC(C)CN(CCNC(=O)c1csc(-c3cccs3)n1)C2. The first kappa shape index (κ1) is 19.9. The first-order valence-corrected chi connectivity index (χ1v) is 11.2. The summed E-state index contributed by atoms with van der Waals surface area (Å²) in [4.78, 5) is 20.3. The van der Waals surface area contributed by atoms with Gasteiger partial charge < -0.3 is 14.8 Å². The van der Waals surface area contributed by atoms with Crippen molar-refractivity contribution in [3.05, 3.63) is 52.3 Å². The van der Waals surface area contributed by atoms with E-state index < -0.39 is 0 Å². The number of nitrogens with one attached hydrogen (secondary N) is 1. The number of aromatic nitrogens is 1. The van der Waals surface area contributed by atoms with Gasteiger partial charge in [0.15, 0.2) is 0 Å². The van der Waals surface area contributed by atoms with Crippen molar-refractivity contribution in [1.29, 1.82) is 0 Å². The molecule has 8 heteroatoms. The van der Waals surface area contributed by atoms with Gasteiger partial charge in [-0.3, -0.25) is 9.69 Å². The largest absolute Gasteiger partial charge is 0.497 e. The molecule has 1 aromatic carbocycles. The van der Waals surface area contributed by atoms with Gasteiger partial charge in [0, 0.05) is 43.2 Å². The van der Waals surface area contributed by atoms with E-state index in [1.165, 1.54) is 11.3 Å². The molecule has 152 valence electrons. The fourth-order valence-corrected chi connectivity index (χ4v) is 4.92. The van der Waals surface area contributed by atoms with E-state index in [-0.39, 0.29) is 12.0 Å². The summed E-state index contributed by atoms with van der Waals surface area (Å²) in [6.07, 6.45) is 0.0611. The number of thiazole rings is 1. The maximum atomic E-state index is 12.4. The van der Waals surface area contributed by atoms with Gasteiger partial charge in [-0.2, -0.15) is 0 Å². The first-order valence-electron chi connectivity index (χ1n) is 9.46. The molecule has 1 amide bonds. The van der Waals surface area contributed by atoms with E-state index in [1.807, 2.05) is 41.1 Å². The number of nitrogens with zero attached hydrogens (tertiary/aromatic N) is 2. The van der Waals surface area contributed by atoms with E-state index in [0.29, 0.717) is 12.2 Å². The van der Waals surface area contributed by atoms with Gasteiger partial charge in [0.05, 0.1) is 12.0 Å². The summed E-state index contributed by atoms with van der Waals surface area (Å²) in [5.74, 6) is 1.53. The molecule has 0 aliphatic carbocycles. The van der Waals surface area contributed by atoms with Crippen LogP contribution in [-0.2, 0) is 6.54 Å². The van der Waals surface area contributed by atoms with Crippen molar-refractivity contribution in [3.8, 4) is 21.4 Å². The van der Waals surface area contributed by atoms with Gasteiger partial charge in [0.1, 0.15) is 28.3 Å². The van der Waals surface area contributed by atoms with Crippen LogP contribution in [0.25, 0.3) is 9.88 Å². The first-order chi connectivity index (χ1) is 14.1. The molecule has 1 N–H and O–H groups in total. The molecule has 6 nitrogen and oxygen atoms in total. The van der Waals surface area contributed by atoms with Gasteiger partial charge in [-0.1, -0.05) is 12.1 Å². The lowest BCUT2D eigenvalue weighted by Gasteiger charge is -2.21. The van der Waals surface area contributed by atoms with Crippen LogP contribution < -0.4 is 14.8 Å². The van der Waals surface area contributed by atoms with Gasteiger partial charge in [0.2, 0.25) is 0 Å². The second-order valence-corrected chi connectivity index (χ2v) is 8.71. The van der Waals surface area contributed by atoms with Crippen LogP contribution in [0.4, 0.5) is 0 Å². The van der Waals surface area contributed by atoms with Crippen LogP contribution in [0.15, 0.2) is 41.1 Å². The molecule has 1 atom stereocenters. The third kappa shape index (κ3) is 4.77. The molecule has 0 spiro atoms. The molecule has 29 heavy (non-hydrogen) atoms. The number of methoxy groups -OCH3 is 1. The second kappa shape index (κ2) is 8.94. The van der Waals surface area contributed by atoms with Crippen LogP contribution in [0.2, 0.25) is 0 Å². The third-order valence-electron chi connectivity index (χ3n) is 4.69. The van der Waals surface area contributed by atoms with Gasteiger partial charge in [-0.15, -0.1) is 22.7 Å². The number of carbonyl (C=O) groups is 1. The number of amides is 1. The highest BCUT2D eigenvalue weighted by Gasteiger charge is 2.21. The van der Waals surface area contributed by atoms with Crippen LogP contribution in [0, 0.1) is 0 Å². The zero-order chi connectivity index (χ0) is 20.2. The summed E-state index contributed by atoms with van der Waals surface area (Å²) in [6.45, 7) is 4.93. The fraction of sp³-hybridized carbons (Fsp3) is 0.333. The van der Waals surface area contributed by atoms with E-state index in [1.54, 1.807) is 18.4 Å². The lowest BCUT2D eigenvalue weighted by molar-refractivity contribution is 0.0940. The number of benzene rings is 1. The lowest BCUT2D eigenvalue weighted by atomic mass is 10.2. The Hall–Kier alpha value is -2.42. The van der Waals surface area contributed by atoms with Crippen molar-refractivity contribution >= 4 is 28.6 Å². The Morgan fingerprint density at radius 2 is 2.28 bits per heavy atom. The molecule has 4 rings (SSSR count). The summed E-state index contributed by atoms with van der Waals surface area (Å²) in [5, 5.41) is 7.70. The molecule has 1 aliphatic rings. The fourth-order valence-electron chi connectivity index (χ4n) is 3.31. The summed E-state index contributed by atoms with van der Waals surface area (Å²) >= 11 is 3.12. The molecule has 0 fully saturated rings. The highest BCUT2D eigenvalue weighted by atomic mass is 32.1. The molecule has 3 aromatic rings. The molecule has 1 aliphatic heterocycles. The highest BCUT2D eigenvalue weighted by Crippen LogP contribution is 2.29. The minimum atomic E-state index is -0.131. The van der Waals surface area contributed by atoms with Crippen LogP contribution in [-0.4, -0.2) is 48.6 Å². The van der Waals surface area contributed by atoms with Gasteiger partial charge in [-0.25, -0.2) is 4.98 Å². The van der Waals surface area contributed by atoms with Crippen molar-refractivity contribution < 1.29 is 14.3 Å². The number of hydrogen-bond acceptors (Lipinski definition) is 7. The summed E-state index contributed by atoms with van der Waals surface area (Å²) in [6, 6.07) is 9.93. The average Bonchev–Trinajstić information content (AvgIpc) is 3.38. The standard InChI is InChI=1S/C21H23N3O3S2/c1-14-11-24(12-15-5-6-16(26-2)10-18(15)27-14)8-7-22-20(25)17-13-29-21(23-17)19-4-3-9-28-19/h3-6,9-10,13-14H,7-8,11-12H2,1-2H3,(H,22,25). The van der Waals surface area contributed by atoms with E-state index in [9.17, 15) is 4.79 Å². The van der Waals surface area contributed by atoms with Crippen LogP contribution in [0.1, 0.15) is 23.0 Å². The van der Waals surface area contributed by atoms with E-state index in [0.717, 1.165) is 46.6 Å². The maximum Gasteiger partial charge on any atom is 0.270 e. The van der Waals surface area contributed by atoms with Crippen molar-refractivity contribution in [3.63, 3.8) is 0 Å². The number of thiophene rings is 1. The Morgan fingerprint density at radius 3 is 3.07 bits per heavy atom. The minimum Gasteiger partial charge on any atom is -0.497 e. The van der Waals surface area contributed by atoms with Gasteiger partial charge in [-0.05, 0) is 24.4 Å². The van der Waals surface area contributed by atoms with Crippen molar-refractivity contribution in [2.24, 2.45) is 0 Å². The van der Waals surface area contributed by atoms with Crippen molar-refractivity contribution in [2.45, 2.75) is 19.6 Å². The Balaban J connectivity index is 1.33. The Kier molecular flexibility index (Phi) is 6.13. The minimum absolute atomic E-state index is 0.0611. The predicted octanol–water partition coefficient (Wildman–Crippen LogP) is 3.89. The molecule has 0 saturated heterocycles. The maximum absolute atomic E-state index is 12.4. The molecule has 0 bridgehead atoms. The molecular weight excluding hydrogens is 406 g/mol. The van der Waals surface area contributed by atoms with Gasteiger partial charge in [0.25, 0.3) is 5.91 Å². The second-order valence-electron chi connectivity index (χ2n) is 6.91. The van der Waals surface area contributed by atoms with Crippen LogP contribution in [0.3, 0.4) is 0 Å².